The summed E-state index contributed by atoms with van der Waals surface area (Å²) in [6.45, 7) is 2.81. The summed E-state index contributed by atoms with van der Waals surface area (Å²) in [5.74, 6) is 0. The molecule has 1 N–H and O–H groups in total. The van der Waals surface area contributed by atoms with Crippen molar-refractivity contribution in [3.05, 3.63) is 0 Å². The average molecular weight is 119 g/mol. The topological polar surface area (TPSA) is 21.3 Å². The molecule has 1 rings (SSSR count). The fraction of sp³-hybridized carbons (Fsp3) is 1.00. The van der Waals surface area contributed by atoms with Crippen LogP contribution in [0.1, 0.15) is 6.42 Å². The third-order valence-corrected chi connectivity index (χ3v) is 0.846. The molecular weight excluding hydrogens is 106 g/mol. The number of nitrogens with one attached hydrogen (secondary N) is 1. The van der Waals surface area contributed by atoms with Crippen LogP contribution in [0, 0.1) is 0 Å². The van der Waals surface area contributed by atoms with Crippen molar-refractivity contribution in [2.45, 2.75) is 6.42 Å². The Morgan fingerprint density at radius 2 is 2.29 bits per heavy atom. The van der Waals surface area contributed by atoms with E-state index in [4.69, 9.17) is 4.74 Å². The summed E-state index contributed by atoms with van der Waals surface area (Å²) in [4.78, 5) is 0. The standard InChI is InChI=1S/C4H9NO.H4Si/c1-2-5-4-6-3-1;/h5H,1-4H2;1H4. The van der Waals surface area contributed by atoms with Gasteiger partial charge in [0, 0.05) is 6.61 Å². The van der Waals surface area contributed by atoms with E-state index in [1.54, 1.807) is 0 Å². The van der Waals surface area contributed by atoms with Crippen molar-refractivity contribution in [2.75, 3.05) is 19.9 Å². The largest absolute Gasteiger partial charge is 0.366 e. The van der Waals surface area contributed by atoms with Crippen LogP contribution in [0.2, 0.25) is 0 Å². The lowest BCUT2D eigenvalue weighted by Gasteiger charge is -2.10. The molecule has 0 radical (unpaired) electrons. The summed E-state index contributed by atoms with van der Waals surface area (Å²) in [6.07, 6.45) is 1.17. The van der Waals surface area contributed by atoms with Gasteiger partial charge in [-0.15, -0.1) is 0 Å². The SMILES string of the molecule is C1CNCOC1.[SiH4]. The zero-order valence-electron chi connectivity index (χ0n) is 3.74. The van der Waals surface area contributed by atoms with Crippen LogP contribution >= 0.6 is 0 Å². The minimum absolute atomic E-state index is 0. The van der Waals surface area contributed by atoms with Crippen LogP contribution in [0.3, 0.4) is 0 Å². The molecule has 2 nitrogen and oxygen atoms in total. The maximum atomic E-state index is 4.96. The predicted octanol–water partition coefficient (Wildman–Crippen LogP) is -1.50. The average Bonchev–Trinajstić information content (AvgIpc) is 1.72. The van der Waals surface area contributed by atoms with E-state index >= 15 is 0 Å². The molecule has 1 fully saturated rings. The summed E-state index contributed by atoms with van der Waals surface area (Å²) in [6, 6.07) is 0. The van der Waals surface area contributed by atoms with Gasteiger partial charge in [-0.05, 0) is 23.9 Å². The minimum Gasteiger partial charge on any atom is -0.366 e. The van der Waals surface area contributed by atoms with Crippen molar-refractivity contribution >= 4 is 11.0 Å². The summed E-state index contributed by atoms with van der Waals surface area (Å²) < 4.78 is 4.96. The molecule has 0 saturated carbocycles. The Bertz CT molecular complexity index is 27.2. The van der Waals surface area contributed by atoms with Gasteiger partial charge in [-0.2, -0.15) is 0 Å². The van der Waals surface area contributed by atoms with Gasteiger partial charge < -0.3 is 4.74 Å². The fourth-order valence-corrected chi connectivity index (χ4v) is 0.516. The molecule has 1 aliphatic rings. The Morgan fingerprint density at radius 3 is 2.43 bits per heavy atom. The van der Waals surface area contributed by atoms with Crippen molar-refractivity contribution in [2.24, 2.45) is 0 Å². The third kappa shape index (κ3) is 2.79. The highest BCUT2D eigenvalue weighted by atomic mass is 28.1. The second-order valence-electron chi connectivity index (χ2n) is 1.41. The first kappa shape index (κ1) is 7.14. The number of rotatable bonds is 0. The molecule has 0 spiro atoms. The van der Waals surface area contributed by atoms with Gasteiger partial charge in [0.2, 0.25) is 0 Å². The van der Waals surface area contributed by atoms with Gasteiger partial charge in [0.25, 0.3) is 0 Å². The summed E-state index contributed by atoms with van der Waals surface area (Å²) in [5.41, 5.74) is 0. The van der Waals surface area contributed by atoms with Gasteiger partial charge in [-0.3, -0.25) is 5.32 Å². The van der Waals surface area contributed by atoms with E-state index in [0.717, 1.165) is 19.9 Å². The molecule has 1 aliphatic heterocycles. The van der Waals surface area contributed by atoms with Crippen LogP contribution in [0.4, 0.5) is 0 Å². The molecule has 44 valence electrons. The van der Waals surface area contributed by atoms with Crippen LogP contribution in [-0.4, -0.2) is 30.8 Å². The van der Waals surface area contributed by atoms with E-state index in [0.29, 0.717) is 0 Å². The first-order valence-corrected chi connectivity index (χ1v) is 2.28. The molecule has 0 atom stereocenters. The molecule has 0 aromatic heterocycles. The van der Waals surface area contributed by atoms with E-state index < -0.39 is 0 Å². The number of hydrogen-bond acceptors (Lipinski definition) is 2. The van der Waals surface area contributed by atoms with Gasteiger partial charge in [-0.1, -0.05) is 0 Å². The van der Waals surface area contributed by atoms with Crippen LogP contribution in [0.25, 0.3) is 0 Å². The molecule has 0 aromatic rings. The van der Waals surface area contributed by atoms with Crippen molar-refractivity contribution < 1.29 is 4.74 Å². The highest BCUT2D eigenvalue weighted by molar-refractivity contribution is 5.75. The summed E-state index contributed by atoms with van der Waals surface area (Å²) in [5, 5.41) is 3.06. The Labute approximate surface area is 48.3 Å². The summed E-state index contributed by atoms with van der Waals surface area (Å²) in [7, 11) is 0. The first-order valence-electron chi connectivity index (χ1n) is 2.28. The van der Waals surface area contributed by atoms with E-state index in [1.807, 2.05) is 0 Å². The van der Waals surface area contributed by atoms with Gasteiger partial charge >= 0.3 is 0 Å². The molecule has 0 unspecified atom stereocenters. The molecular formula is C4H13NOSi. The Morgan fingerprint density at radius 1 is 1.43 bits per heavy atom. The van der Waals surface area contributed by atoms with E-state index in [9.17, 15) is 0 Å². The van der Waals surface area contributed by atoms with Crippen molar-refractivity contribution in [3.63, 3.8) is 0 Å². The maximum Gasteiger partial charge on any atom is 0.0965 e. The first-order chi connectivity index (χ1) is 3.00. The highest BCUT2D eigenvalue weighted by Crippen LogP contribution is 1.83. The Balaban J connectivity index is 0.000000360. The zero-order valence-corrected chi connectivity index (χ0v) is 3.74. The van der Waals surface area contributed by atoms with Crippen LogP contribution in [0.5, 0.6) is 0 Å². The van der Waals surface area contributed by atoms with Gasteiger partial charge in [0.1, 0.15) is 0 Å². The normalized spacial score (nSPS) is 20.6. The fourth-order valence-electron chi connectivity index (χ4n) is 0.516. The second kappa shape index (κ2) is 4.30. The lowest BCUT2D eigenvalue weighted by atomic mass is 10.4. The third-order valence-electron chi connectivity index (χ3n) is 0.846. The van der Waals surface area contributed by atoms with Gasteiger partial charge in [0.15, 0.2) is 0 Å². The van der Waals surface area contributed by atoms with Crippen molar-refractivity contribution in [1.82, 2.24) is 5.32 Å². The van der Waals surface area contributed by atoms with Gasteiger partial charge in [-0.25, -0.2) is 0 Å². The zero-order chi connectivity index (χ0) is 4.24. The molecule has 0 bridgehead atoms. The maximum absolute atomic E-state index is 4.96. The molecule has 0 aromatic carbocycles. The van der Waals surface area contributed by atoms with E-state index in [-0.39, 0.29) is 11.0 Å². The highest BCUT2D eigenvalue weighted by Gasteiger charge is 1.92. The lowest BCUT2D eigenvalue weighted by Crippen LogP contribution is -2.26. The quantitative estimate of drug-likeness (QED) is 0.392. The van der Waals surface area contributed by atoms with Crippen LogP contribution < -0.4 is 5.32 Å². The summed E-state index contributed by atoms with van der Waals surface area (Å²) >= 11 is 0. The van der Waals surface area contributed by atoms with Gasteiger partial charge in [0.05, 0.1) is 6.73 Å². The molecule has 3 heteroatoms. The molecule has 1 heterocycles. The number of ether oxygens (including phenoxy) is 1. The van der Waals surface area contributed by atoms with E-state index in [1.165, 1.54) is 6.42 Å². The molecule has 0 aliphatic carbocycles. The predicted molar refractivity (Wildman–Crippen MR) is 34.8 cm³/mol. The van der Waals surface area contributed by atoms with Crippen molar-refractivity contribution in [3.8, 4) is 0 Å². The lowest BCUT2D eigenvalue weighted by molar-refractivity contribution is 0.0848. The smallest absolute Gasteiger partial charge is 0.0965 e. The second-order valence-corrected chi connectivity index (χ2v) is 1.41. The monoisotopic (exact) mass is 119 g/mol. The number of hydrogen-bond donors (Lipinski definition) is 1. The molecule has 0 amide bonds. The van der Waals surface area contributed by atoms with Crippen molar-refractivity contribution in [1.29, 1.82) is 0 Å². The molecule has 7 heavy (non-hydrogen) atoms. The Hall–Kier alpha value is 0.137. The van der Waals surface area contributed by atoms with Crippen LogP contribution in [-0.2, 0) is 4.74 Å². The van der Waals surface area contributed by atoms with E-state index in [2.05, 4.69) is 5.32 Å². The van der Waals surface area contributed by atoms with Crippen LogP contribution in [0.15, 0.2) is 0 Å². The minimum atomic E-state index is 0. The Kier molecular flexibility index (Phi) is 4.38. The molecule has 1 saturated heterocycles.